The first-order valence-corrected chi connectivity index (χ1v) is 6.52. The predicted octanol–water partition coefficient (Wildman–Crippen LogP) is 3.28. The van der Waals surface area contributed by atoms with Crippen molar-refractivity contribution in [3.05, 3.63) is 59.1 Å². The molecule has 0 spiro atoms. The average molecular weight is 290 g/mol. The minimum absolute atomic E-state index is 0.332. The number of aliphatic imine (C=N–C) groups is 1. The summed E-state index contributed by atoms with van der Waals surface area (Å²) in [6.07, 6.45) is 0. The van der Waals surface area contributed by atoms with Gasteiger partial charge >= 0.3 is 0 Å². The van der Waals surface area contributed by atoms with Gasteiger partial charge in [-0.05, 0) is 24.3 Å². The Kier molecular flexibility index (Phi) is 4.85. The Hall–Kier alpha value is -2.20. The molecule has 2 rings (SSSR count). The quantitative estimate of drug-likeness (QED) is 0.671. The standard InChI is InChI=1S/C15H16ClN3O/c1-20-14-9-5-8-13(16)12(14)10-18-15(17)19-11-6-3-2-4-7-11/h2-9H,10H2,1H3,(H3,17,18,19). The fourth-order valence-electron chi connectivity index (χ4n) is 1.76. The van der Waals surface area contributed by atoms with Crippen molar-refractivity contribution >= 4 is 23.2 Å². The summed E-state index contributed by atoms with van der Waals surface area (Å²) in [5.41, 5.74) is 7.55. The van der Waals surface area contributed by atoms with E-state index < -0.39 is 0 Å². The van der Waals surface area contributed by atoms with Crippen LogP contribution in [0.25, 0.3) is 0 Å². The van der Waals surface area contributed by atoms with Crippen molar-refractivity contribution in [3.8, 4) is 5.75 Å². The topological polar surface area (TPSA) is 59.6 Å². The van der Waals surface area contributed by atoms with Crippen LogP contribution in [0.5, 0.6) is 5.75 Å². The number of methoxy groups -OCH3 is 1. The molecule has 0 aromatic heterocycles. The number of anilines is 1. The summed E-state index contributed by atoms with van der Waals surface area (Å²) in [6.45, 7) is 0.356. The van der Waals surface area contributed by atoms with Crippen LogP contribution in [0.2, 0.25) is 5.02 Å². The Morgan fingerprint density at radius 1 is 1.20 bits per heavy atom. The van der Waals surface area contributed by atoms with E-state index in [1.54, 1.807) is 13.2 Å². The van der Waals surface area contributed by atoms with E-state index in [0.29, 0.717) is 23.3 Å². The lowest BCUT2D eigenvalue weighted by molar-refractivity contribution is 0.410. The Morgan fingerprint density at radius 3 is 2.65 bits per heavy atom. The third kappa shape index (κ3) is 3.65. The van der Waals surface area contributed by atoms with Crippen LogP contribution >= 0.6 is 11.6 Å². The molecule has 0 amide bonds. The zero-order chi connectivity index (χ0) is 14.4. The van der Waals surface area contributed by atoms with Crippen molar-refractivity contribution in [2.24, 2.45) is 10.7 Å². The second kappa shape index (κ2) is 6.82. The van der Waals surface area contributed by atoms with E-state index >= 15 is 0 Å². The van der Waals surface area contributed by atoms with Gasteiger partial charge in [0.15, 0.2) is 5.96 Å². The van der Waals surface area contributed by atoms with Crippen molar-refractivity contribution in [2.75, 3.05) is 12.4 Å². The van der Waals surface area contributed by atoms with Gasteiger partial charge < -0.3 is 15.8 Å². The van der Waals surface area contributed by atoms with Crippen LogP contribution in [0, 0.1) is 0 Å². The number of ether oxygens (including phenoxy) is 1. The minimum Gasteiger partial charge on any atom is -0.496 e. The highest BCUT2D eigenvalue weighted by atomic mass is 35.5. The molecule has 0 heterocycles. The van der Waals surface area contributed by atoms with Crippen LogP contribution in [-0.2, 0) is 6.54 Å². The molecule has 104 valence electrons. The summed E-state index contributed by atoms with van der Waals surface area (Å²) in [7, 11) is 1.60. The zero-order valence-corrected chi connectivity index (χ0v) is 11.9. The number of para-hydroxylation sites is 1. The minimum atomic E-state index is 0.332. The Morgan fingerprint density at radius 2 is 1.95 bits per heavy atom. The summed E-state index contributed by atoms with van der Waals surface area (Å²) >= 11 is 6.14. The molecule has 0 bridgehead atoms. The number of guanidine groups is 1. The fourth-order valence-corrected chi connectivity index (χ4v) is 1.98. The van der Waals surface area contributed by atoms with E-state index in [4.69, 9.17) is 22.1 Å². The SMILES string of the molecule is COc1cccc(Cl)c1CN=C(N)Nc1ccccc1. The maximum absolute atomic E-state index is 6.14. The molecule has 0 aliphatic carbocycles. The lowest BCUT2D eigenvalue weighted by Crippen LogP contribution is -2.22. The molecular weight excluding hydrogens is 274 g/mol. The van der Waals surface area contributed by atoms with Gasteiger partial charge in [-0.15, -0.1) is 0 Å². The number of nitrogens with one attached hydrogen (secondary N) is 1. The van der Waals surface area contributed by atoms with E-state index in [-0.39, 0.29) is 0 Å². The highest BCUT2D eigenvalue weighted by Gasteiger charge is 2.06. The molecule has 3 N–H and O–H groups in total. The van der Waals surface area contributed by atoms with Crippen molar-refractivity contribution in [2.45, 2.75) is 6.54 Å². The Balaban J connectivity index is 2.09. The predicted molar refractivity (Wildman–Crippen MR) is 83.4 cm³/mol. The van der Waals surface area contributed by atoms with Gasteiger partial charge in [0.25, 0.3) is 0 Å². The van der Waals surface area contributed by atoms with E-state index in [1.807, 2.05) is 42.5 Å². The average Bonchev–Trinajstić information content (AvgIpc) is 2.46. The monoisotopic (exact) mass is 289 g/mol. The van der Waals surface area contributed by atoms with Crippen LogP contribution in [0.1, 0.15) is 5.56 Å². The van der Waals surface area contributed by atoms with Crippen molar-refractivity contribution in [3.63, 3.8) is 0 Å². The van der Waals surface area contributed by atoms with Gasteiger partial charge in [-0.3, -0.25) is 0 Å². The number of nitrogens with zero attached hydrogens (tertiary/aromatic N) is 1. The lowest BCUT2D eigenvalue weighted by Gasteiger charge is -2.09. The highest BCUT2D eigenvalue weighted by molar-refractivity contribution is 6.31. The first kappa shape index (κ1) is 14.2. The molecule has 0 radical (unpaired) electrons. The van der Waals surface area contributed by atoms with Gasteiger partial charge in [0, 0.05) is 16.3 Å². The summed E-state index contributed by atoms with van der Waals surface area (Å²) in [5.74, 6) is 1.03. The van der Waals surface area contributed by atoms with Gasteiger partial charge in [0.05, 0.1) is 13.7 Å². The molecule has 0 aliphatic rings. The molecular formula is C15H16ClN3O. The molecule has 5 heteroatoms. The van der Waals surface area contributed by atoms with Crippen LogP contribution in [0.4, 0.5) is 5.69 Å². The normalized spacial score (nSPS) is 11.2. The van der Waals surface area contributed by atoms with Crippen molar-refractivity contribution < 1.29 is 4.74 Å². The number of halogens is 1. The van der Waals surface area contributed by atoms with E-state index in [0.717, 1.165) is 11.3 Å². The first-order valence-electron chi connectivity index (χ1n) is 6.14. The number of hydrogen-bond donors (Lipinski definition) is 2. The molecule has 0 saturated heterocycles. The molecule has 0 atom stereocenters. The van der Waals surface area contributed by atoms with E-state index in [2.05, 4.69) is 10.3 Å². The molecule has 0 unspecified atom stereocenters. The number of nitrogens with two attached hydrogens (primary N) is 1. The molecule has 2 aromatic rings. The molecule has 4 nitrogen and oxygen atoms in total. The molecule has 0 aliphatic heterocycles. The van der Waals surface area contributed by atoms with Crippen molar-refractivity contribution in [1.82, 2.24) is 0 Å². The van der Waals surface area contributed by atoms with E-state index in [9.17, 15) is 0 Å². The maximum Gasteiger partial charge on any atom is 0.193 e. The number of hydrogen-bond acceptors (Lipinski definition) is 2. The van der Waals surface area contributed by atoms with Crippen LogP contribution < -0.4 is 15.8 Å². The van der Waals surface area contributed by atoms with Crippen LogP contribution in [-0.4, -0.2) is 13.1 Å². The van der Waals surface area contributed by atoms with Gasteiger partial charge in [-0.1, -0.05) is 35.9 Å². The molecule has 20 heavy (non-hydrogen) atoms. The molecule has 0 saturated carbocycles. The van der Waals surface area contributed by atoms with Gasteiger partial charge in [0.2, 0.25) is 0 Å². The molecule has 0 fully saturated rings. The fraction of sp³-hybridized carbons (Fsp3) is 0.133. The van der Waals surface area contributed by atoms with Crippen LogP contribution in [0.3, 0.4) is 0 Å². The highest BCUT2D eigenvalue weighted by Crippen LogP contribution is 2.26. The Labute approximate surface area is 123 Å². The van der Waals surface area contributed by atoms with Crippen molar-refractivity contribution in [1.29, 1.82) is 0 Å². The lowest BCUT2D eigenvalue weighted by atomic mass is 10.2. The second-order valence-corrected chi connectivity index (χ2v) is 4.52. The van der Waals surface area contributed by atoms with Gasteiger partial charge in [-0.2, -0.15) is 0 Å². The third-order valence-corrected chi connectivity index (χ3v) is 3.10. The van der Waals surface area contributed by atoms with Gasteiger partial charge in [-0.25, -0.2) is 4.99 Å². The summed E-state index contributed by atoms with van der Waals surface area (Å²) < 4.78 is 5.26. The smallest absolute Gasteiger partial charge is 0.193 e. The second-order valence-electron chi connectivity index (χ2n) is 4.11. The zero-order valence-electron chi connectivity index (χ0n) is 11.1. The first-order chi connectivity index (χ1) is 9.70. The summed E-state index contributed by atoms with van der Waals surface area (Å²) in [5, 5.41) is 3.62. The van der Waals surface area contributed by atoms with Crippen LogP contribution in [0.15, 0.2) is 53.5 Å². The maximum atomic E-state index is 6.14. The summed E-state index contributed by atoms with van der Waals surface area (Å²) in [4.78, 5) is 4.28. The summed E-state index contributed by atoms with van der Waals surface area (Å²) in [6, 6.07) is 15.1. The Bertz CT molecular complexity index is 599. The largest absolute Gasteiger partial charge is 0.496 e. The van der Waals surface area contributed by atoms with E-state index in [1.165, 1.54) is 0 Å². The number of rotatable bonds is 4. The third-order valence-electron chi connectivity index (χ3n) is 2.75. The molecule has 2 aromatic carbocycles. The number of benzene rings is 2. The van der Waals surface area contributed by atoms with Gasteiger partial charge in [0.1, 0.15) is 5.75 Å².